The first kappa shape index (κ1) is 20.9. The Hall–Kier alpha value is -2.93. The van der Waals surface area contributed by atoms with Crippen molar-refractivity contribution in [2.75, 3.05) is 12.8 Å². The van der Waals surface area contributed by atoms with Gasteiger partial charge in [-0.1, -0.05) is 37.1 Å². The van der Waals surface area contributed by atoms with Gasteiger partial charge in [0.2, 0.25) is 0 Å². The minimum absolute atomic E-state index is 0.0875. The number of aromatic nitrogens is 2. The molecule has 3 aromatic rings. The summed E-state index contributed by atoms with van der Waals surface area (Å²) in [4.78, 5) is 15.7. The predicted octanol–water partition coefficient (Wildman–Crippen LogP) is 4.13. The van der Waals surface area contributed by atoms with Crippen molar-refractivity contribution in [1.82, 2.24) is 14.7 Å². The lowest BCUT2D eigenvalue weighted by atomic mass is 9.92. The first-order valence-electron chi connectivity index (χ1n) is 11.2. The van der Waals surface area contributed by atoms with Crippen molar-refractivity contribution < 1.29 is 13.2 Å². The predicted molar refractivity (Wildman–Crippen MR) is 123 cm³/mol. The number of fused-ring (bicyclic) bond motifs is 1. The Balaban J connectivity index is 1.46. The number of nitrogens with zero attached hydrogens (tertiary/aromatic N) is 3. The molecule has 1 aliphatic carbocycles. The number of hydrogen-bond acceptors (Lipinski definition) is 4. The fourth-order valence-corrected chi connectivity index (χ4v) is 5.56. The molecule has 5 rings (SSSR count). The van der Waals surface area contributed by atoms with Crippen LogP contribution in [0.5, 0.6) is 0 Å². The summed E-state index contributed by atoms with van der Waals surface area (Å²) >= 11 is 0. The third-order valence-corrected chi connectivity index (χ3v) is 7.75. The van der Waals surface area contributed by atoms with Gasteiger partial charge < -0.3 is 4.90 Å². The molecule has 0 bridgehead atoms. The highest BCUT2D eigenvalue weighted by Gasteiger charge is 2.29. The molecule has 32 heavy (non-hydrogen) atoms. The Morgan fingerprint density at radius 1 is 1.06 bits per heavy atom. The minimum Gasteiger partial charge on any atom is -0.334 e. The van der Waals surface area contributed by atoms with Crippen molar-refractivity contribution in [1.29, 1.82) is 0 Å². The Morgan fingerprint density at radius 2 is 1.81 bits per heavy atom. The molecule has 1 aromatic heterocycles. The van der Waals surface area contributed by atoms with E-state index < -0.39 is 9.84 Å². The summed E-state index contributed by atoms with van der Waals surface area (Å²) in [7, 11) is -3.39. The van der Waals surface area contributed by atoms with Crippen LogP contribution in [0, 0.1) is 0 Å². The van der Waals surface area contributed by atoms with Gasteiger partial charge in [0, 0.05) is 43.1 Å². The van der Waals surface area contributed by atoms with E-state index in [1.165, 1.54) is 6.26 Å². The van der Waals surface area contributed by atoms with Crippen LogP contribution in [0.3, 0.4) is 0 Å². The molecule has 166 valence electrons. The molecule has 0 atom stereocenters. The van der Waals surface area contributed by atoms with E-state index in [1.54, 1.807) is 12.1 Å². The van der Waals surface area contributed by atoms with E-state index in [9.17, 15) is 13.2 Å². The van der Waals surface area contributed by atoms with Gasteiger partial charge >= 0.3 is 0 Å². The first-order chi connectivity index (χ1) is 15.4. The van der Waals surface area contributed by atoms with Gasteiger partial charge in [0.15, 0.2) is 9.84 Å². The topological polar surface area (TPSA) is 72.3 Å². The Labute approximate surface area is 188 Å². The van der Waals surface area contributed by atoms with Gasteiger partial charge in [-0.2, -0.15) is 5.10 Å². The maximum Gasteiger partial charge on any atom is 0.254 e. The highest BCUT2D eigenvalue weighted by molar-refractivity contribution is 7.90. The number of para-hydroxylation sites is 1. The molecule has 1 aliphatic heterocycles. The quantitative estimate of drug-likeness (QED) is 0.600. The van der Waals surface area contributed by atoms with Crippen LogP contribution in [0.25, 0.3) is 5.69 Å². The van der Waals surface area contributed by atoms with Crippen LogP contribution >= 0.6 is 0 Å². The second-order valence-corrected chi connectivity index (χ2v) is 10.9. The highest BCUT2D eigenvalue weighted by Crippen LogP contribution is 2.37. The molecule has 6 nitrogen and oxygen atoms in total. The van der Waals surface area contributed by atoms with Crippen LogP contribution in [0.2, 0.25) is 0 Å². The molecule has 2 aromatic carbocycles. The number of carbonyl (C=O) groups is 1. The summed E-state index contributed by atoms with van der Waals surface area (Å²) in [5.41, 5.74) is 4.57. The second-order valence-electron chi connectivity index (χ2n) is 8.86. The number of benzene rings is 2. The minimum atomic E-state index is -3.39. The van der Waals surface area contributed by atoms with Crippen molar-refractivity contribution in [3.8, 4) is 5.69 Å². The summed E-state index contributed by atoms with van der Waals surface area (Å²) in [5.74, 6) is 0.235. The number of hydrogen-bond donors (Lipinski definition) is 0. The lowest BCUT2D eigenvalue weighted by Crippen LogP contribution is -2.36. The van der Waals surface area contributed by atoms with Crippen LogP contribution in [0.15, 0.2) is 59.6 Å². The Kier molecular flexibility index (Phi) is 5.37. The zero-order valence-electron chi connectivity index (χ0n) is 18.2. The van der Waals surface area contributed by atoms with Gasteiger partial charge in [0.25, 0.3) is 5.91 Å². The molecule has 0 unspecified atom stereocenters. The van der Waals surface area contributed by atoms with Crippen molar-refractivity contribution >= 4 is 15.7 Å². The average Bonchev–Trinajstić information content (AvgIpc) is 3.48. The lowest BCUT2D eigenvalue weighted by molar-refractivity contribution is 0.0732. The summed E-state index contributed by atoms with van der Waals surface area (Å²) in [5, 5.41) is 4.71. The summed E-state index contributed by atoms with van der Waals surface area (Å²) in [6, 6.07) is 15.0. The van der Waals surface area contributed by atoms with Crippen molar-refractivity contribution in [3.63, 3.8) is 0 Å². The molecule has 7 heteroatoms. The van der Waals surface area contributed by atoms with Gasteiger partial charge in [-0.05, 0) is 48.6 Å². The van der Waals surface area contributed by atoms with E-state index in [0.29, 0.717) is 31.0 Å². The monoisotopic (exact) mass is 449 g/mol. The van der Waals surface area contributed by atoms with Crippen LogP contribution in [-0.4, -0.2) is 41.8 Å². The van der Waals surface area contributed by atoms with Gasteiger partial charge in [-0.3, -0.25) is 4.79 Å². The van der Waals surface area contributed by atoms with Crippen LogP contribution in [0.1, 0.15) is 58.8 Å². The number of carbonyl (C=O) groups excluding carboxylic acids is 1. The van der Waals surface area contributed by atoms with Crippen molar-refractivity contribution in [2.24, 2.45) is 0 Å². The number of amides is 1. The fraction of sp³-hybridized carbons (Fsp3) is 0.360. The summed E-state index contributed by atoms with van der Waals surface area (Å²) < 4.78 is 26.2. The van der Waals surface area contributed by atoms with E-state index >= 15 is 0 Å². The standard InChI is InChI=1S/C25H27N3O3S/c1-32(30,31)21-11-12-22(18-7-5-6-8-18)23(15-21)25(29)27-14-13-24-19(16-27)17-28(26-24)20-9-3-2-4-10-20/h2-4,9-12,15,17-18H,5-8,13-14,16H2,1H3. The van der Waals surface area contributed by atoms with E-state index in [0.717, 1.165) is 48.2 Å². The molecular formula is C25H27N3O3S. The lowest BCUT2D eigenvalue weighted by Gasteiger charge is -2.28. The molecule has 0 radical (unpaired) electrons. The summed E-state index contributed by atoms with van der Waals surface area (Å²) in [6.07, 6.45) is 8.27. The maximum atomic E-state index is 13.6. The molecule has 1 amide bonds. The average molecular weight is 450 g/mol. The second kappa shape index (κ2) is 8.20. The van der Waals surface area contributed by atoms with E-state index in [1.807, 2.05) is 52.2 Å². The summed E-state index contributed by atoms with van der Waals surface area (Å²) in [6.45, 7) is 1.05. The Morgan fingerprint density at radius 3 is 2.53 bits per heavy atom. The van der Waals surface area contributed by atoms with Crippen LogP contribution in [-0.2, 0) is 22.8 Å². The van der Waals surface area contributed by atoms with Gasteiger partial charge in [0.1, 0.15) is 0 Å². The number of rotatable bonds is 4. The zero-order chi connectivity index (χ0) is 22.3. The van der Waals surface area contributed by atoms with E-state index in [4.69, 9.17) is 5.10 Å². The van der Waals surface area contributed by atoms with Gasteiger partial charge in [0.05, 0.1) is 16.3 Å². The van der Waals surface area contributed by atoms with E-state index in [2.05, 4.69) is 0 Å². The van der Waals surface area contributed by atoms with E-state index in [-0.39, 0.29) is 10.8 Å². The third kappa shape index (κ3) is 3.97. The molecule has 2 aliphatic rings. The SMILES string of the molecule is CS(=O)(=O)c1ccc(C2CCCC2)c(C(=O)N2CCc3nn(-c4ccccc4)cc3C2)c1. The highest BCUT2D eigenvalue weighted by atomic mass is 32.2. The van der Waals surface area contributed by atoms with Crippen molar-refractivity contribution in [2.45, 2.75) is 49.5 Å². The smallest absolute Gasteiger partial charge is 0.254 e. The fourth-order valence-electron chi connectivity index (χ4n) is 4.91. The molecular weight excluding hydrogens is 422 g/mol. The van der Waals surface area contributed by atoms with Gasteiger partial charge in [-0.25, -0.2) is 13.1 Å². The molecule has 0 saturated heterocycles. The number of sulfone groups is 1. The van der Waals surface area contributed by atoms with Gasteiger partial charge in [-0.15, -0.1) is 0 Å². The Bertz CT molecular complexity index is 1260. The zero-order valence-corrected chi connectivity index (χ0v) is 19.0. The molecule has 0 N–H and O–H groups in total. The normalized spacial score (nSPS) is 16.8. The maximum absolute atomic E-state index is 13.6. The first-order valence-corrected chi connectivity index (χ1v) is 13.1. The van der Waals surface area contributed by atoms with Crippen molar-refractivity contribution in [3.05, 3.63) is 77.1 Å². The third-order valence-electron chi connectivity index (χ3n) is 6.64. The molecule has 1 saturated carbocycles. The van der Waals surface area contributed by atoms with Crippen LogP contribution in [0.4, 0.5) is 0 Å². The van der Waals surface area contributed by atoms with Crippen LogP contribution < -0.4 is 0 Å². The molecule has 2 heterocycles. The molecule has 0 spiro atoms. The largest absolute Gasteiger partial charge is 0.334 e. The molecule has 1 fully saturated rings.